The Balaban J connectivity index is 1.95. The van der Waals surface area contributed by atoms with Crippen molar-refractivity contribution in [3.8, 4) is 0 Å². The molecule has 0 amide bonds. The van der Waals surface area contributed by atoms with Gasteiger partial charge in [0.2, 0.25) is 0 Å². The Morgan fingerprint density at radius 3 is 3.00 bits per heavy atom. The molecule has 90 valence electrons. The lowest BCUT2D eigenvalue weighted by atomic mass is 10.2. The molecular weight excluding hydrogens is 212 g/mol. The Morgan fingerprint density at radius 2 is 2.29 bits per heavy atom. The van der Waals surface area contributed by atoms with Crippen LogP contribution in [0.4, 0.5) is 0 Å². The van der Waals surface area contributed by atoms with Gasteiger partial charge in [-0.15, -0.1) is 0 Å². The van der Waals surface area contributed by atoms with Crippen LogP contribution in [-0.4, -0.2) is 14.5 Å². The molecule has 0 aromatic carbocycles. The zero-order chi connectivity index (χ0) is 12.1. The topological polar surface area (TPSA) is 42.7 Å². The standard InChI is InChI=1S/C13H18N4/c1-3-17-10-14-8-12(17)9-16-11(2)13-6-4-5-7-15-13/h4-8,10-11,16H,3,9H2,1-2H3. The Kier molecular flexibility index (Phi) is 3.88. The van der Waals surface area contributed by atoms with Crippen molar-refractivity contribution in [2.24, 2.45) is 0 Å². The Hall–Kier alpha value is -1.68. The van der Waals surface area contributed by atoms with Crippen LogP contribution < -0.4 is 5.32 Å². The summed E-state index contributed by atoms with van der Waals surface area (Å²) in [7, 11) is 0. The highest BCUT2D eigenvalue weighted by molar-refractivity contribution is 5.08. The number of pyridine rings is 1. The highest BCUT2D eigenvalue weighted by atomic mass is 15.1. The van der Waals surface area contributed by atoms with Crippen LogP contribution in [-0.2, 0) is 13.1 Å². The van der Waals surface area contributed by atoms with Crippen LogP contribution in [0.5, 0.6) is 0 Å². The molecule has 0 aliphatic carbocycles. The van der Waals surface area contributed by atoms with Gasteiger partial charge in [0, 0.05) is 31.5 Å². The summed E-state index contributed by atoms with van der Waals surface area (Å²) in [5.41, 5.74) is 2.27. The predicted octanol–water partition coefficient (Wildman–Crippen LogP) is 2.15. The van der Waals surface area contributed by atoms with Crippen LogP contribution in [0.1, 0.15) is 31.3 Å². The van der Waals surface area contributed by atoms with E-state index in [1.165, 1.54) is 5.69 Å². The van der Waals surface area contributed by atoms with Gasteiger partial charge in [0.15, 0.2) is 0 Å². The van der Waals surface area contributed by atoms with E-state index in [2.05, 4.69) is 33.7 Å². The predicted molar refractivity (Wildman–Crippen MR) is 67.4 cm³/mol. The van der Waals surface area contributed by atoms with Crippen molar-refractivity contribution in [3.05, 3.63) is 48.3 Å². The van der Waals surface area contributed by atoms with E-state index in [-0.39, 0.29) is 6.04 Å². The minimum atomic E-state index is 0.247. The molecule has 0 aliphatic heterocycles. The van der Waals surface area contributed by atoms with Gasteiger partial charge >= 0.3 is 0 Å². The van der Waals surface area contributed by atoms with Crippen molar-refractivity contribution in [1.82, 2.24) is 19.9 Å². The molecule has 2 rings (SSSR count). The van der Waals surface area contributed by atoms with E-state index in [1.54, 1.807) is 0 Å². The first kappa shape index (κ1) is 11.8. The molecule has 0 bridgehead atoms. The summed E-state index contributed by atoms with van der Waals surface area (Å²) in [4.78, 5) is 8.49. The average molecular weight is 230 g/mol. The molecule has 4 heteroatoms. The minimum absolute atomic E-state index is 0.247. The van der Waals surface area contributed by atoms with E-state index in [4.69, 9.17) is 0 Å². The second-order valence-corrected chi connectivity index (χ2v) is 4.03. The molecule has 0 spiro atoms. The molecule has 1 N–H and O–H groups in total. The summed E-state index contributed by atoms with van der Waals surface area (Å²) < 4.78 is 2.14. The van der Waals surface area contributed by atoms with Gasteiger partial charge in [-0.1, -0.05) is 6.07 Å². The molecule has 1 atom stereocenters. The van der Waals surface area contributed by atoms with Crippen LogP contribution in [0, 0.1) is 0 Å². The SMILES string of the molecule is CCn1cncc1CNC(C)c1ccccn1. The van der Waals surface area contributed by atoms with Crippen molar-refractivity contribution in [3.63, 3.8) is 0 Å². The van der Waals surface area contributed by atoms with E-state index in [0.717, 1.165) is 18.8 Å². The fourth-order valence-corrected chi connectivity index (χ4v) is 1.77. The van der Waals surface area contributed by atoms with Gasteiger partial charge in [-0.3, -0.25) is 4.98 Å². The van der Waals surface area contributed by atoms with Crippen LogP contribution >= 0.6 is 0 Å². The zero-order valence-electron chi connectivity index (χ0n) is 10.3. The van der Waals surface area contributed by atoms with Crippen LogP contribution in [0.2, 0.25) is 0 Å². The summed E-state index contributed by atoms with van der Waals surface area (Å²) in [5, 5.41) is 3.45. The molecule has 0 aliphatic rings. The van der Waals surface area contributed by atoms with Crippen molar-refractivity contribution in [1.29, 1.82) is 0 Å². The molecule has 0 radical (unpaired) electrons. The minimum Gasteiger partial charge on any atom is -0.334 e. The smallest absolute Gasteiger partial charge is 0.0948 e. The van der Waals surface area contributed by atoms with Gasteiger partial charge in [-0.2, -0.15) is 0 Å². The Morgan fingerprint density at radius 1 is 1.41 bits per heavy atom. The van der Waals surface area contributed by atoms with Crippen LogP contribution in [0.3, 0.4) is 0 Å². The molecule has 17 heavy (non-hydrogen) atoms. The Labute approximate surface area is 102 Å². The highest BCUT2D eigenvalue weighted by Crippen LogP contribution is 2.09. The number of nitrogens with zero attached hydrogens (tertiary/aromatic N) is 3. The third kappa shape index (κ3) is 2.91. The van der Waals surface area contributed by atoms with Crippen LogP contribution in [0.25, 0.3) is 0 Å². The fourth-order valence-electron chi connectivity index (χ4n) is 1.77. The molecule has 1 unspecified atom stereocenters. The van der Waals surface area contributed by atoms with Crippen LogP contribution in [0.15, 0.2) is 36.9 Å². The van der Waals surface area contributed by atoms with Gasteiger partial charge in [-0.25, -0.2) is 4.98 Å². The number of imidazole rings is 1. The fraction of sp³-hybridized carbons (Fsp3) is 0.385. The van der Waals surface area contributed by atoms with E-state index >= 15 is 0 Å². The van der Waals surface area contributed by atoms with Gasteiger partial charge in [0.25, 0.3) is 0 Å². The van der Waals surface area contributed by atoms with E-state index in [9.17, 15) is 0 Å². The average Bonchev–Trinajstić information content (AvgIpc) is 2.84. The first-order valence-corrected chi connectivity index (χ1v) is 5.94. The lowest BCUT2D eigenvalue weighted by Crippen LogP contribution is -2.20. The maximum absolute atomic E-state index is 4.34. The van der Waals surface area contributed by atoms with Crippen molar-refractivity contribution in [2.45, 2.75) is 33.0 Å². The van der Waals surface area contributed by atoms with E-state index < -0.39 is 0 Å². The number of rotatable bonds is 5. The van der Waals surface area contributed by atoms with Gasteiger partial charge in [-0.05, 0) is 26.0 Å². The molecule has 2 aromatic rings. The molecule has 0 fully saturated rings. The van der Waals surface area contributed by atoms with Crippen molar-refractivity contribution >= 4 is 0 Å². The first-order valence-electron chi connectivity index (χ1n) is 5.94. The number of aryl methyl sites for hydroxylation is 1. The van der Waals surface area contributed by atoms with E-state index in [0.29, 0.717) is 0 Å². The van der Waals surface area contributed by atoms with E-state index in [1.807, 2.05) is 36.9 Å². The second-order valence-electron chi connectivity index (χ2n) is 4.03. The lowest BCUT2D eigenvalue weighted by Gasteiger charge is -2.13. The normalized spacial score (nSPS) is 12.6. The monoisotopic (exact) mass is 230 g/mol. The molecular formula is C13H18N4. The number of hydrogen-bond acceptors (Lipinski definition) is 3. The van der Waals surface area contributed by atoms with Crippen molar-refractivity contribution < 1.29 is 0 Å². The second kappa shape index (κ2) is 5.59. The van der Waals surface area contributed by atoms with Gasteiger partial charge in [0.05, 0.1) is 17.7 Å². The van der Waals surface area contributed by atoms with Gasteiger partial charge in [0.1, 0.15) is 0 Å². The molecule has 2 heterocycles. The summed E-state index contributed by atoms with van der Waals surface area (Å²) in [6.07, 6.45) is 5.59. The Bertz CT molecular complexity index is 449. The molecule has 4 nitrogen and oxygen atoms in total. The summed E-state index contributed by atoms with van der Waals surface area (Å²) in [6.45, 7) is 6.00. The maximum Gasteiger partial charge on any atom is 0.0948 e. The quantitative estimate of drug-likeness (QED) is 0.855. The molecule has 0 saturated heterocycles. The number of aromatic nitrogens is 3. The summed E-state index contributed by atoms with van der Waals surface area (Å²) in [6, 6.07) is 6.23. The molecule has 0 saturated carbocycles. The van der Waals surface area contributed by atoms with Crippen molar-refractivity contribution in [2.75, 3.05) is 0 Å². The highest BCUT2D eigenvalue weighted by Gasteiger charge is 2.07. The maximum atomic E-state index is 4.34. The number of nitrogens with one attached hydrogen (secondary N) is 1. The summed E-state index contributed by atoms with van der Waals surface area (Å²) in [5.74, 6) is 0. The lowest BCUT2D eigenvalue weighted by molar-refractivity contribution is 0.539. The third-order valence-electron chi connectivity index (χ3n) is 2.86. The number of hydrogen-bond donors (Lipinski definition) is 1. The zero-order valence-corrected chi connectivity index (χ0v) is 10.3. The largest absolute Gasteiger partial charge is 0.334 e. The van der Waals surface area contributed by atoms with Gasteiger partial charge < -0.3 is 9.88 Å². The third-order valence-corrected chi connectivity index (χ3v) is 2.86. The summed E-state index contributed by atoms with van der Waals surface area (Å²) >= 11 is 0. The molecule has 2 aromatic heterocycles. The first-order chi connectivity index (χ1) is 8.31.